The van der Waals surface area contributed by atoms with Crippen LogP contribution in [0.2, 0.25) is 0 Å². The molecule has 13 heavy (non-hydrogen) atoms. The van der Waals surface area contributed by atoms with Crippen LogP contribution in [0.3, 0.4) is 0 Å². The summed E-state index contributed by atoms with van der Waals surface area (Å²) in [5.74, 6) is 0.161. The van der Waals surface area contributed by atoms with E-state index in [2.05, 4.69) is 4.72 Å². The Labute approximate surface area is 79.5 Å². The van der Waals surface area contributed by atoms with Gasteiger partial charge in [0.1, 0.15) is 0 Å². The Kier molecular flexibility index (Phi) is 4.34. The van der Waals surface area contributed by atoms with Gasteiger partial charge in [-0.05, 0) is 5.92 Å². The van der Waals surface area contributed by atoms with Gasteiger partial charge in [-0.25, -0.2) is 21.6 Å². The normalized spacial score (nSPS) is 13.5. The van der Waals surface area contributed by atoms with Gasteiger partial charge >= 0.3 is 0 Å². The molecule has 5 nitrogen and oxygen atoms in total. The van der Waals surface area contributed by atoms with E-state index in [0.29, 0.717) is 0 Å². The highest BCUT2D eigenvalue weighted by Crippen LogP contribution is 1.94. The van der Waals surface area contributed by atoms with Crippen molar-refractivity contribution in [3.05, 3.63) is 0 Å². The average Bonchev–Trinajstić information content (AvgIpc) is 1.78. The summed E-state index contributed by atoms with van der Waals surface area (Å²) in [6, 6.07) is 0. The lowest BCUT2D eigenvalue weighted by Gasteiger charge is -2.07. The number of nitrogens with one attached hydrogen (secondary N) is 1. The van der Waals surface area contributed by atoms with Crippen LogP contribution in [0.1, 0.15) is 13.8 Å². The molecule has 0 spiro atoms. The molecule has 0 fully saturated rings. The number of hydrogen-bond donors (Lipinski definition) is 1. The number of sulfone groups is 1. The van der Waals surface area contributed by atoms with Gasteiger partial charge in [-0.15, -0.1) is 0 Å². The lowest BCUT2D eigenvalue weighted by molar-refractivity contribution is 0.561. The van der Waals surface area contributed by atoms with Crippen molar-refractivity contribution in [1.29, 1.82) is 0 Å². The summed E-state index contributed by atoms with van der Waals surface area (Å²) in [5.41, 5.74) is 0. The zero-order valence-electron chi connectivity index (χ0n) is 7.94. The molecule has 0 rings (SSSR count). The van der Waals surface area contributed by atoms with Gasteiger partial charge < -0.3 is 0 Å². The minimum Gasteiger partial charge on any atom is -0.228 e. The molecule has 0 bridgehead atoms. The van der Waals surface area contributed by atoms with Crippen molar-refractivity contribution in [3.8, 4) is 0 Å². The third-order valence-corrected chi connectivity index (χ3v) is 4.64. The second-order valence-corrected chi connectivity index (χ2v) is 7.71. The minimum atomic E-state index is -3.67. The Hall–Kier alpha value is -0.140. The third kappa shape index (κ3) is 8.20. The molecular formula is C6H15NO4S2. The maximum Gasteiger partial charge on any atom is 0.226 e. The van der Waals surface area contributed by atoms with E-state index in [0.717, 1.165) is 6.26 Å². The van der Waals surface area contributed by atoms with E-state index in [9.17, 15) is 16.8 Å². The minimum absolute atomic E-state index is 0.161. The second-order valence-electron chi connectivity index (χ2n) is 3.40. The van der Waals surface area contributed by atoms with E-state index in [4.69, 9.17) is 0 Å². The summed E-state index contributed by atoms with van der Waals surface area (Å²) in [6.07, 6.45) is 0.890. The smallest absolute Gasteiger partial charge is 0.226 e. The highest BCUT2D eigenvalue weighted by Gasteiger charge is 2.17. The van der Waals surface area contributed by atoms with E-state index in [1.807, 2.05) is 13.8 Å². The first-order valence-electron chi connectivity index (χ1n) is 3.77. The van der Waals surface area contributed by atoms with Gasteiger partial charge in [0.25, 0.3) is 0 Å². The van der Waals surface area contributed by atoms with Crippen LogP contribution in [0.25, 0.3) is 0 Å². The molecule has 0 aromatic carbocycles. The van der Waals surface area contributed by atoms with Gasteiger partial charge in [0, 0.05) is 12.8 Å². The first-order valence-corrected chi connectivity index (χ1v) is 7.49. The molecular weight excluding hydrogens is 214 g/mol. The maximum atomic E-state index is 11.1. The highest BCUT2D eigenvalue weighted by atomic mass is 32.3. The van der Waals surface area contributed by atoms with Gasteiger partial charge in [-0.1, -0.05) is 13.8 Å². The van der Waals surface area contributed by atoms with E-state index < -0.39 is 24.9 Å². The summed E-state index contributed by atoms with van der Waals surface area (Å²) >= 11 is 0. The molecule has 7 heteroatoms. The zero-order chi connectivity index (χ0) is 10.7. The molecule has 0 heterocycles. The van der Waals surface area contributed by atoms with E-state index >= 15 is 0 Å². The highest BCUT2D eigenvalue weighted by molar-refractivity contribution is 8.06. The SMILES string of the molecule is CC(C)CNS(=O)(=O)CS(C)(=O)=O. The molecule has 1 N–H and O–H groups in total. The standard InChI is InChI=1S/C6H15NO4S2/c1-6(2)4-7-13(10,11)5-12(3,8)9/h6-7H,4-5H2,1-3H3. The summed E-state index contributed by atoms with van der Waals surface area (Å²) < 4.78 is 45.7. The second kappa shape index (κ2) is 4.39. The summed E-state index contributed by atoms with van der Waals surface area (Å²) in [4.78, 5) is 0. The summed E-state index contributed by atoms with van der Waals surface area (Å²) in [6.45, 7) is 3.93. The summed E-state index contributed by atoms with van der Waals surface area (Å²) in [7, 11) is -7.15. The van der Waals surface area contributed by atoms with Gasteiger partial charge in [0.2, 0.25) is 10.0 Å². The number of sulfonamides is 1. The van der Waals surface area contributed by atoms with Crippen molar-refractivity contribution >= 4 is 19.9 Å². The molecule has 80 valence electrons. The fourth-order valence-electron chi connectivity index (χ4n) is 0.617. The quantitative estimate of drug-likeness (QED) is 0.693. The fourth-order valence-corrected chi connectivity index (χ4v) is 3.79. The maximum absolute atomic E-state index is 11.1. The van der Waals surface area contributed by atoms with Crippen LogP contribution in [0, 0.1) is 5.92 Å². The fraction of sp³-hybridized carbons (Fsp3) is 1.00. The molecule has 0 saturated carbocycles. The molecule has 0 aromatic rings. The van der Waals surface area contributed by atoms with Crippen LogP contribution in [0.4, 0.5) is 0 Å². The molecule has 0 radical (unpaired) electrons. The monoisotopic (exact) mass is 229 g/mol. The van der Waals surface area contributed by atoms with Gasteiger partial charge in [-0.3, -0.25) is 0 Å². The Morgan fingerprint density at radius 2 is 1.62 bits per heavy atom. The first kappa shape index (κ1) is 12.9. The third-order valence-electron chi connectivity index (χ3n) is 1.08. The van der Waals surface area contributed by atoms with Gasteiger partial charge in [0.05, 0.1) is 0 Å². The predicted molar refractivity (Wildman–Crippen MR) is 51.5 cm³/mol. The topological polar surface area (TPSA) is 80.3 Å². The van der Waals surface area contributed by atoms with Crippen molar-refractivity contribution in [1.82, 2.24) is 4.72 Å². The molecule has 0 saturated heterocycles. The number of hydrogen-bond acceptors (Lipinski definition) is 4. The van der Waals surface area contributed by atoms with Crippen molar-refractivity contribution in [3.63, 3.8) is 0 Å². The van der Waals surface area contributed by atoms with Crippen LogP contribution in [0.5, 0.6) is 0 Å². The molecule has 0 aliphatic carbocycles. The zero-order valence-corrected chi connectivity index (χ0v) is 9.57. The molecule has 0 unspecified atom stereocenters. The Bertz CT molecular complexity index is 341. The van der Waals surface area contributed by atoms with Crippen molar-refractivity contribution < 1.29 is 16.8 Å². The van der Waals surface area contributed by atoms with Crippen LogP contribution >= 0.6 is 0 Å². The molecule has 0 atom stereocenters. The lowest BCUT2D eigenvalue weighted by atomic mass is 10.2. The van der Waals surface area contributed by atoms with E-state index in [1.54, 1.807) is 0 Å². The Morgan fingerprint density at radius 1 is 1.15 bits per heavy atom. The largest absolute Gasteiger partial charge is 0.228 e. The molecule has 0 aromatic heterocycles. The van der Waals surface area contributed by atoms with Crippen molar-refractivity contribution in [2.45, 2.75) is 13.8 Å². The van der Waals surface area contributed by atoms with Crippen LogP contribution in [-0.4, -0.2) is 34.7 Å². The summed E-state index contributed by atoms with van der Waals surface area (Å²) in [5, 5.41) is -0.841. The Balaban J connectivity index is 4.28. The molecule has 0 aliphatic heterocycles. The van der Waals surface area contributed by atoms with Crippen LogP contribution in [-0.2, 0) is 19.9 Å². The molecule has 0 amide bonds. The lowest BCUT2D eigenvalue weighted by Crippen LogP contribution is -2.32. The van der Waals surface area contributed by atoms with E-state index in [-0.39, 0.29) is 12.5 Å². The first-order chi connectivity index (χ1) is 5.62. The predicted octanol–water partition coefficient (Wildman–Crippen LogP) is -0.436. The van der Waals surface area contributed by atoms with Crippen molar-refractivity contribution in [2.24, 2.45) is 5.92 Å². The average molecular weight is 229 g/mol. The van der Waals surface area contributed by atoms with Gasteiger partial charge in [0.15, 0.2) is 14.9 Å². The van der Waals surface area contributed by atoms with E-state index in [1.165, 1.54) is 0 Å². The molecule has 0 aliphatic rings. The van der Waals surface area contributed by atoms with Gasteiger partial charge in [-0.2, -0.15) is 0 Å². The van der Waals surface area contributed by atoms with Crippen LogP contribution < -0.4 is 4.72 Å². The Morgan fingerprint density at radius 3 is 1.92 bits per heavy atom. The van der Waals surface area contributed by atoms with Crippen molar-refractivity contribution in [2.75, 3.05) is 17.9 Å². The van der Waals surface area contributed by atoms with Crippen LogP contribution in [0.15, 0.2) is 0 Å². The number of rotatable bonds is 5.